The molecule has 0 unspecified atom stereocenters. The second-order valence-electron chi connectivity index (χ2n) is 2.43. The van der Waals surface area contributed by atoms with Crippen LogP contribution in [0.5, 0.6) is 5.75 Å². The summed E-state index contributed by atoms with van der Waals surface area (Å²) in [6.07, 6.45) is 0. The van der Waals surface area contributed by atoms with Crippen molar-refractivity contribution in [3.63, 3.8) is 0 Å². The van der Waals surface area contributed by atoms with Gasteiger partial charge in [-0.3, -0.25) is 5.41 Å². The van der Waals surface area contributed by atoms with Gasteiger partial charge in [0.15, 0.2) is 6.61 Å². The molecule has 0 saturated heterocycles. The summed E-state index contributed by atoms with van der Waals surface area (Å²) in [6.45, 7) is -0.0876. The Morgan fingerprint density at radius 3 is 2.71 bits per heavy atom. The quantitative estimate of drug-likeness (QED) is 0.724. The van der Waals surface area contributed by atoms with Gasteiger partial charge in [-0.25, -0.2) is 0 Å². The molecule has 4 heteroatoms. The molecular weight excluding hydrogens is 178 g/mol. The number of nitrogens with zero attached hydrogens (tertiary/aromatic N) is 2. The fourth-order valence-corrected chi connectivity index (χ4v) is 0.969. The maximum Gasteiger partial charge on any atom is 0.174 e. The van der Waals surface area contributed by atoms with Crippen LogP contribution in [-0.2, 0) is 0 Å². The van der Waals surface area contributed by atoms with Gasteiger partial charge in [0.1, 0.15) is 23.6 Å². The first-order valence-corrected chi connectivity index (χ1v) is 3.87. The van der Waals surface area contributed by atoms with E-state index in [1.54, 1.807) is 30.3 Å². The summed E-state index contributed by atoms with van der Waals surface area (Å²) >= 11 is 0. The Morgan fingerprint density at radius 2 is 2.07 bits per heavy atom. The van der Waals surface area contributed by atoms with Gasteiger partial charge in [-0.05, 0) is 12.1 Å². The van der Waals surface area contributed by atoms with E-state index in [0.717, 1.165) is 0 Å². The topological polar surface area (TPSA) is 80.7 Å². The molecule has 0 saturated carbocycles. The van der Waals surface area contributed by atoms with Gasteiger partial charge in [-0.1, -0.05) is 12.1 Å². The Kier molecular flexibility index (Phi) is 3.23. The summed E-state index contributed by atoms with van der Waals surface area (Å²) in [5, 5.41) is 24.2. The normalized spacial score (nSPS) is 8.43. The van der Waals surface area contributed by atoms with E-state index >= 15 is 0 Å². The number of benzene rings is 1. The zero-order valence-electron chi connectivity index (χ0n) is 7.32. The molecule has 1 aromatic carbocycles. The van der Waals surface area contributed by atoms with Gasteiger partial charge in [0.2, 0.25) is 0 Å². The van der Waals surface area contributed by atoms with Crippen LogP contribution in [0.15, 0.2) is 24.3 Å². The Bertz CT molecular complexity index is 426. The van der Waals surface area contributed by atoms with Gasteiger partial charge in [-0.2, -0.15) is 10.5 Å². The molecule has 0 aliphatic carbocycles. The number of nitriles is 2. The molecule has 0 heterocycles. The van der Waals surface area contributed by atoms with Crippen LogP contribution in [0.3, 0.4) is 0 Å². The summed E-state index contributed by atoms with van der Waals surface area (Å²) in [6, 6.07) is 10.2. The lowest BCUT2D eigenvalue weighted by molar-refractivity contribution is 0.367. The van der Waals surface area contributed by atoms with Crippen molar-refractivity contribution in [1.29, 1.82) is 15.9 Å². The average molecular weight is 185 g/mol. The maximum atomic E-state index is 8.54. The highest BCUT2D eigenvalue weighted by atomic mass is 16.5. The summed E-state index contributed by atoms with van der Waals surface area (Å²) in [4.78, 5) is 0. The van der Waals surface area contributed by atoms with Crippen molar-refractivity contribution in [2.75, 3.05) is 6.61 Å². The summed E-state index contributed by atoms with van der Waals surface area (Å²) < 4.78 is 5.06. The van der Waals surface area contributed by atoms with E-state index in [1.165, 1.54) is 0 Å². The third-order valence-electron chi connectivity index (χ3n) is 1.56. The lowest BCUT2D eigenvalue weighted by Crippen LogP contribution is -2.02. The molecule has 0 spiro atoms. The molecule has 0 aromatic heterocycles. The molecule has 0 atom stereocenters. The van der Waals surface area contributed by atoms with E-state index in [1.807, 2.05) is 6.07 Å². The standard InChI is InChI=1S/C10H7N3O/c11-5-6-14-10-4-2-1-3-8(10)9(13)7-12/h1-4,13H,6H2. The number of hydrogen-bond acceptors (Lipinski definition) is 4. The third kappa shape index (κ3) is 2.09. The van der Waals surface area contributed by atoms with Gasteiger partial charge in [0, 0.05) is 0 Å². The van der Waals surface area contributed by atoms with Gasteiger partial charge in [0.05, 0.1) is 5.56 Å². The molecule has 0 radical (unpaired) electrons. The molecular formula is C10H7N3O. The summed E-state index contributed by atoms with van der Waals surface area (Å²) in [7, 11) is 0. The molecule has 68 valence electrons. The fourth-order valence-electron chi connectivity index (χ4n) is 0.969. The number of nitrogens with one attached hydrogen (secondary N) is 1. The Morgan fingerprint density at radius 1 is 1.36 bits per heavy atom. The molecule has 0 fully saturated rings. The molecule has 14 heavy (non-hydrogen) atoms. The van der Waals surface area contributed by atoms with Crippen LogP contribution in [-0.4, -0.2) is 12.3 Å². The lowest BCUT2D eigenvalue weighted by atomic mass is 10.1. The van der Waals surface area contributed by atoms with E-state index in [-0.39, 0.29) is 12.3 Å². The SMILES string of the molecule is N#CCOc1ccccc1C(=N)C#N. The maximum absolute atomic E-state index is 8.54. The monoisotopic (exact) mass is 185 g/mol. The molecule has 0 amide bonds. The van der Waals surface area contributed by atoms with Gasteiger partial charge in [-0.15, -0.1) is 0 Å². The first-order chi connectivity index (χ1) is 6.79. The van der Waals surface area contributed by atoms with Crippen LogP contribution < -0.4 is 4.74 Å². The average Bonchev–Trinajstić information content (AvgIpc) is 2.25. The van der Waals surface area contributed by atoms with Crippen molar-refractivity contribution in [3.8, 4) is 17.9 Å². The van der Waals surface area contributed by atoms with Crippen LogP contribution >= 0.6 is 0 Å². The molecule has 1 aromatic rings. The fraction of sp³-hybridized carbons (Fsp3) is 0.100. The molecule has 0 aliphatic heterocycles. The zero-order valence-corrected chi connectivity index (χ0v) is 7.32. The van der Waals surface area contributed by atoms with Crippen LogP contribution in [0.25, 0.3) is 0 Å². The summed E-state index contributed by atoms with van der Waals surface area (Å²) in [5.41, 5.74) is 0.240. The minimum Gasteiger partial charge on any atom is -0.478 e. The smallest absolute Gasteiger partial charge is 0.174 e. The minimum atomic E-state index is -0.168. The van der Waals surface area contributed by atoms with Crippen molar-refractivity contribution >= 4 is 5.71 Å². The largest absolute Gasteiger partial charge is 0.478 e. The van der Waals surface area contributed by atoms with E-state index in [4.69, 9.17) is 20.7 Å². The minimum absolute atomic E-state index is 0.0876. The van der Waals surface area contributed by atoms with Crippen LogP contribution in [0.2, 0.25) is 0 Å². The Labute approximate surface area is 81.5 Å². The van der Waals surface area contributed by atoms with Crippen molar-refractivity contribution < 1.29 is 4.74 Å². The molecule has 1 rings (SSSR count). The number of ether oxygens (including phenoxy) is 1. The highest BCUT2D eigenvalue weighted by molar-refractivity contribution is 6.11. The number of rotatable bonds is 3. The predicted molar refractivity (Wildman–Crippen MR) is 50.0 cm³/mol. The van der Waals surface area contributed by atoms with Crippen LogP contribution in [0.4, 0.5) is 0 Å². The van der Waals surface area contributed by atoms with E-state index in [2.05, 4.69) is 0 Å². The first-order valence-electron chi connectivity index (χ1n) is 3.87. The van der Waals surface area contributed by atoms with E-state index in [0.29, 0.717) is 11.3 Å². The zero-order chi connectivity index (χ0) is 10.4. The lowest BCUT2D eigenvalue weighted by Gasteiger charge is -2.05. The Hall–Kier alpha value is -2.33. The van der Waals surface area contributed by atoms with E-state index in [9.17, 15) is 0 Å². The van der Waals surface area contributed by atoms with Crippen molar-refractivity contribution in [3.05, 3.63) is 29.8 Å². The van der Waals surface area contributed by atoms with Gasteiger partial charge in [0.25, 0.3) is 0 Å². The second-order valence-corrected chi connectivity index (χ2v) is 2.43. The summed E-state index contributed by atoms with van der Waals surface area (Å²) in [5.74, 6) is 0.389. The first kappa shape index (κ1) is 9.76. The third-order valence-corrected chi connectivity index (χ3v) is 1.56. The van der Waals surface area contributed by atoms with Gasteiger partial charge >= 0.3 is 0 Å². The predicted octanol–water partition coefficient (Wildman–Crippen LogP) is 1.48. The highest BCUT2D eigenvalue weighted by Crippen LogP contribution is 2.17. The van der Waals surface area contributed by atoms with Crippen LogP contribution in [0.1, 0.15) is 5.56 Å². The van der Waals surface area contributed by atoms with E-state index < -0.39 is 0 Å². The van der Waals surface area contributed by atoms with Crippen molar-refractivity contribution in [1.82, 2.24) is 0 Å². The highest BCUT2D eigenvalue weighted by Gasteiger charge is 2.06. The molecule has 0 aliphatic rings. The Balaban J connectivity index is 2.99. The van der Waals surface area contributed by atoms with Crippen molar-refractivity contribution in [2.24, 2.45) is 0 Å². The number of hydrogen-bond donors (Lipinski definition) is 1. The molecule has 1 N–H and O–H groups in total. The molecule has 0 bridgehead atoms. The second kappa shape index (κ2) is 4.64. The van der Waals surface area contributed by atoms with Crippen molar-refractivity contribution in [2.45, 2.75) is 0 Å². The van der Waals surface area contributed by atoms with Gasteiger partial charge < -0.3 is 4.74 Å². The molecule has 4 nitrogen and oxygen atoms in total. The number of para-hydroxylation sites is 1. The van der Waals surface area contributed by atoms with Crippen LogP contribution in [0, 0.1) is 28.1 Å².